The second-order valence-corrected chi connectivity index (χ2v) is 5.23. The van der Waals surface area contributed by atoms with E-state index in [-0.39, 0.29) is 0 Å². The van der Waals surface area contributed by atoms with Gasteiger partial charge < -0.3 is 10.8 Å². The molecule has 0 bridgehead atoms. The SMILES string of the molecule is CCCCCCCC(C(=O)O)c1cc(C)ccc1N. The van der Waals surface area contributed by atoms with Crippen LogP contribution in [0, 0.1) is 6.92 Å². The van der Waals surface area contributed by atoms with E-state index in [4.69, 9.17) is 5.73 Å². The summed E-state index contributed by atoms with van der Waals surface area (Å²) in [7, 11) is 0. The maximum absolute atomic E-state index is 11.4. The summed E-state index contributed by atoms with van der Waals surface area (Å²) < 4.78 is 0. The molecule has 0 fully saturated rings. The van der Waals surface area contributed by atoms with Crippen molar-refractivity contribution in [3.8, 4) is 0 Å². The van der Waals surface area contributed by atoms with E-state index in [1.165, 1.54) is 19.3 Å². The minimum Gasteiger partial charge on any atom is -0.481 e. The maximum Gasteiger partial charge on any atom is 0.311 e. The summed E-state index contributed by atoms with van der Waals surface area (Å²) in [6.45, 7) is 4.14. The van der Waals surface area contributed by atoms with Crippen LogP contribution in [0.2, 0.25) is 0 Å². The topological polar surface area (TPSA) is 63.3 Å². The van der Waals surface area contributed by atoms with Crippen LogP contribution in [0.15, 0.2) is 18.2 Å². The summed E-state index contributed by atoms with van der Waals surface area (Å²) in [4.78, 5) is 11.4. The monoisotopic (exact) mass is 263 g/mol. The Labute approximate surface area is 115 Å². The van der Waals surface area contributed by atoms with Crippen LogP contribution in [0.3, 0.4) is 0 Å². The molecule has 3 heteroatoms. The number of benzene rings is 1. The molecule has 3 N–H and O–H groups in total. The predicted octanol–water partition coefficient (Wildman–Crippen LogP) is 4.11. The first-order valence-electron chi connectivity index (χ1n) is 7.15. The molecule has 0 aliphatic carbocycles. The van der Waals surface area contributed by atoms with E-state index in [0.717, 1.165) is 24.0 Å². The zero-order chi connectivity index (χ0) is 14.3. The van der Waals surface area contributed by atoms with Gasteiger partial charge in [0.05, 0.1) is 5.92 Å². The quantitative estimate of drug-likeness (QED) is 0.548. The smallest absolute Gasteiger partial charge is 0.311 e. The fraction of sp³-hybridized carbons (Fsp3) is 0.562. The van der Waals surface area contributed by atoms with Crippen LogP contribution >= 0.6 is 0 Å². The Morgan fingerprint density at radius 2 is 1.95 bits per heavy atom. The number of hydrogen-bond donors (Lipinski definition) is 2. The minimum absolute atomic E-state index is 0.471. The molecule has 0 radical (unpaired) electrons. The van der Waals surface area contributed by atoms with E-state index in [0.29, 0.717) is 12.1 Å². The number of anilines is 1. The molecule has 0 spiro atoms. The molecule has 0 aromatic heterocycles. The molecular weight excluding hydrogens is 238 g/mol. The summed E-state index contributed by atoms with van der Waals surface area (Å²) in [5.74, 6) is -1.24. The van der Waals surface area contributed by atoms with Gasteiger partial charge in [-0.2, -0.15) is 0 Å². The molecule has 0 amide bonds. The van der Waals surface area contributed by atoms with E-state index in [2.05, 4.69) is 6.92 Å². The number of nitrogen functional groups attached to an aromatic ring is 1. The summed E-state index contributed by atoms with van der Waals surface area (Å²) in [5.41, 5.74) is 8.33. The number of rotatable bonds is 8. The van der Waals surface area contributed by atoms with Crippen LogP contribution < -0.4 is 5.73 Å². The van der Waals surface area contributed by atoms with Crippen molar-refractivity contribution in [2.45, 2.75) is 58.3 Å². The Morgan fingerprint density at radius 3 is 2.58 bits per heavy atom. The van der Waals surface area contributed by atoms with Gasteiger partial charge in [0.25, 0.3) is 0 Å². The molecule has 106 valence electrons. The molecule has 0 saturated heterocycles. The lowest BCUT2D eigenvalue weighted by Gasteiger charge is -2.15. The number of carbonyl (C=O) groups is 1. The molecule has 3 nitrogen and oxygen atoms in total. The number of hydrogen-bond acceptors (Lipinski definition) is 2. The third-order valence-electron chi connectivity index (χ3n) is 3.51. The van der Waals surface area contributed by atoms with Crippen molar-refractivity contribution >= 4 is 11.7 Å². The van der Waals surface area contributed by atoms with E-state index >= 15 is 0 Å². The van der Waals surface area contributed by atoms with Crippen molar-refractivity contribution < 1.29 is 9.90 Å². The average Bonchev–Trinajstić information content (AvgIpc) is 2.37. The molecule has 1 rings (SSSR count). The van der Waals surface area contributed by atoms with Gasteiger partial charge >= 0.3 is 5.97 Å². The van der Waals surface area contributed by atoms with Gasteiger partial charge in [-0.1, -0.05) is 56.7 Å². The van der Waals surface area contributed by atoms with Crippen LogP contribution in [-0.4, -0.2) is 11.1 Å². The third-order valence-corrected chi connectivity index (χ3v) is 3.51. The van der Waals surface area contributed by atoms with E-state index in [1.54, 1.807) is 6.07 Å². The second-order valence-electron chi connectivity index (χ2n) is 5.23. The molecule has 1 aromatic rings. The molecule has 0 aliphatic rings. The second kappa shape index (κ2) is 7.82. The normalized spacial score (nSPS) is 12.3. The number of carboxylic acid groups (broad SMARTS) is 1. The Morgan fingerprint density at radius 1 is 1.26 bits per heavy atom. The summed E-state index contributed by atoms with van der Waals surface area (Å²) in [5, 5.41) is 9.39. The van der Waals surface area contributed by atoms with Crippen LogP contribution in [0.4, 0.5) is 5.69 Å². The lowest BCUT2D eigenvalue weighted by molar-refractivity contribution is -0.139. The summed E-state index contributed by atoms with van der Waals surface area (Å²) >= 11 is 0. The molecular formula is C16H25NO2. The highest BCUT2D eigenvalue weighted by Gasteiger charge is 2.21. The third kappa shape index (κ3) is 4.93. The first-order chi connectivity index (χ1) is 9.06. The Balaban J connectivity index is 2.67. The van der Waals surface area contributed by atoms with E-state index < -0.39 is 11.9 Å². The molecule has 0 saturated carbocycles. The molecule has 1 unspecified atom stereocenters. The van der Waals surface area contributed by atoms with E-state index in [9.17, 15) is 9.90 Å². The van der Waals surface area contributed by atoms with Gasteiger partial charge in [-0.15, -0.1) is 0 Å². The number of carboxylic acids is 1. The zero-order valence-corrected chi connectivity index (χ0v) is 12.0. The number of nitrogens with two attached hydrogens (primary N) is 1. The van der Waals surface area contributed by atoms with Gasteiger partial charge in [-0.25, -0.2) is 0 Å². The molecule has 1 atom stereocenters. The maximum atomic E-state index is 11.4. The van der Waals surface area contributed by atoms with Crippen molar-refractivity contribution in [3.05, 3.63) is 29.3 Å². The Bertz CT molecular complexity index is 415. The first-order valence-corrected chi connectivity index (χ1v) is 7.15. The first kappa shape index (κ1) is 15.5. The summed E-state index contributed by atoms with van der Waals surface area (Å²) in [6.07, 6.45) is 6.34. The average molecular weight is 263 g/mol. The number of unbranched alkanes of at least 4 members (excludes halogenated alkanes) is 4. The van der Waals surface area contributed by atoms with Crippen LogP contribution in [-0.2, 0) is 4.79 Å². The fourth-order valence-electron chi connectivity index (χ4n) is 2.36. The van der Waals surface area contributed by atoms with Crippen LogP contribution in [0.5, 0.6) is 0 Å². The van der Waals surface area contributed by atoms with Gasteiger partial charge in [0.15, 0.2) is 0 Å². The van der Waals surface area contributed by atoms with Crippen molar-refractivity contribution in [2.75, 3.05) is 5.73 Å². The minimum atomic E-state index is -0.771. The van der Waals surface area contributed by atoms with Crippen molar-refractivity contribution in [1.82, 2.24) is 0 Å². The Hall–Kier alpha value is -1.51. The van der Waals surface area contributed by atoms with Crippen LogP contribution in [0.1, 0.15) is 62.5 Å². The van der Waals surface area contributed by atoms with E-state index in [1.807, 2.05) is 19.1 Å². The highest BCUT2D eigenvalue weighted by atomic mass is 16.4. The van der Waals surface area contributed by atoms with Crippen molar-refractivity contribution in [2.24, 2.45) is 0 Å². The van der Waals surface area contributed by atoms with Crippen LogP contribution in [0.25, 0.3) is 0 Å². The predicted molar refractivity (Wildman–Crippen MR) is 79.3 cm³/mol. The van der Waals surface area contributed by atoms with Crippen molar-refractivity contribution in [3.63, 3.8) is 0 Å². The lowest BCUT2D eigenvalue weighted by Crippen LogP contribution is -2.13. The Kier molecular flexibility index (Phi) is 6.40. The van der Waals surface area contributed by atoms with Gasteiger partial charge in [0.2, 0.25) is 0 Å². The van der Waals surface area contributed by atoms with Gasteiger partial charge in [0.1, 0.15) is 0 Å². The molecule has 19 heavy (non-hydrogen) atoms. The van der Waals surface area contributed by atoms with Gasteiger partial charge in [-0.05, 0) is 25.0 Å². The van der Waals surface area contributed by atoms with Crippen molar-refractivity contribution in [1.29, 1.82) is 0 Å². The molecule has 0 aliphatic heterocycles. The summed E-state index contributed by atoms with van der Waals surface area (Å²) in [6, 6.07) is 5.62. The number of aryl methyl sites for hydroxylation is 1. The number of aliphatic carboxylic acids is 1. The van der Waals surface area contributed by atoms with Gasteiger partial charge in [-0.3, -0.25) is 4.79 Å². The lowest BCUT2D eigenvalue weighted by atomic mass is 9.91. The van der Waals surface area contributed by atoms with Gasteiger partial charge in [0, 0.05) is 5.69 Å². The largest absolute Gasteiger partial charge is 0.481 e. The highest BCUT2D eigenvalue weighted by Crippen LogP contribution is 2.28. The fourth-order valence-corrected chi connectivity index (χ4v) is 2.36. The standard InChI is InChI=1S/C16H25NO2/c1-3-4-5-6-7-8-13(16(18)19)14-11-12(2)9-10-15(14)17/h9-11,13H,3-8,17H2,1-2H3,(H,18,19). The molecule has 0 heterocycles. The highest BCUT2D eigenvalue weighted by molar-refractivity contribution is 5.78. The molecule has 1 aromatic carbocycles. The zero-order valence-electron chi connectivity index (χ0n) is 12.0.